The third-order valence-corrected chi connectivity index (χ3v) is 5.27. The second-order valence-corrected chi connectivity index (χ2v) is 7.75. The number of nitrogens with one attached hydrogen (secondary N) is 2. The molecule has 0 aliphatic rings. The summed E-state index contributed by atoms with van der Waals surface area (Å²) in [5.74, 6) is -0.324. The van der Waals surface area contributed by atoms with Crippen molar-refractivity contribution in [1.29, 1.82) is 5.41 Å². The molecule has 1 amide bonds. The molecule has 0 spiro atoms. The van der Waals surface area contributed by atoms with Crippen molar-refractivity contribution >= 4 is 57.2 Å². The molecule has 10 heteroatoms. The zero-order valence-electron chi connectivity index (χ0n) is 17.8. The zero-order valence-corrected chi connectivity index (χ0v) is 18.6. The van der Waals surface area contributed by atoms with Gasteiger partial charge in [-0.05, 0) is 47.2 Å². The lowest BCUT2D eigenvalue weighted by Gasteiger charge is -2.11. The first kappa shape index (κ1) is 22.8. The largest absolute Gasteiger partial charge is 0.485 e. The van der Waals surface area contributed by atoms with Gasteiger partial charge in [-0.15, -0.1) is 0 Å². The quantitative estimate of drug-likeness (QED) is 0.173. The molecule has 0 aliphatic heterocycles. The first-order chi connectivity index (χ1) is 16.4. The van der Waals surface area contributed by atoms with Gasteiger partial charge in [0.2, 0.25) is 5.78 Å². The number of halogens is 1. The minimum Gasteiger partial charge on any atom is -0.485 e. The fourth-order valence-electron chi connectivity index (χ4n) is 3.47. The van der Waals surface area contributed by atoms with Crippen molar-refractivity contribution in [2.45, 2.75) is 0 Å². The number of aromatic amines is 1. The molecule has 0 radical (unpaired) electrons. The number of aliphatic imine (C=N–C) groups is 1. The monoisotopic (exact) mass is 477 g/mol. The summed E-state index contributed by atoms with van der Waals surface area (Å²) in [5.41, 5.74) is 12.4. The number of hydrogen-bond donors (Lipinski definition) is 4. The van der Waals surface area contributed by atoms with Gasteiger partial charge in [0.25, 0.3) is 11.9 Å². The molecule has 0 bridgehead atoms. The third-order valence-electron chi connectivity index (χ3n) is 5.04. The molecule has 4 aromatic rings. The fourth-order valence-corrected chi connectivity index (χ4v) is 3.65. The van der Waals surface area contributed by atoms with Crippen molar-refractivity contribution < 1.29 is 19.1 Å². The summed E-state index contributed by atoms with van der Waals surface area (Å²) >= 11 is 6.03. The van der Waals surface area contributed by atoms with E-state index in [0.717, 1.165) is 17.0 Å². The number of nitrogens with two attached hydrogens (primary N) is 2. The van der Waals surface area contributed by atoms with Crippen LogP contribution in [-0.4, -0.2) is 42.1 Å². The van der Waals surface area contributed by atoms with E-state index >= 15 is 0 Å². The molecule has 1 aromatic heterocycles. The van der Waals surface area contributed by atoms with Crippen LogP contribution < -0.4 is 20.9 Å². The smallest absolute Gasteiger partial charge is 0.287 e. The minimum absolute atomic E-state index is 0.0676. The predicted molar refractivity (Wildman–Crippen MR) is 132 cm³/mol. The number of fused-ring (bicyclic) bond motifs is 2. The second kappa shape index (κ2) is 9.63. The lowest BCUT2D eigenvalue weighted by Crippen LogP contribution is -2.20. The standard InChI is InChI=1S/C24H20ClN5O4/c25-15-2-1-13-9-22(18(23(27)32)8-14(13)7-15)33-12-21(31)19-11-30-20-10-16(3-4-17(19)20)34-24(28)29-6-5-26/h1-5,7-11,26,30H,6,12H2,(H2,27,32)(H2,28,29). The molecule has 3 aromatic carbocycles. The van der Waals surface area contributed by atoms with Crippen molar-refractivity contribution in [3.05, 3.63) is 70.9 Å². The normalized spacial score (nSPS) is 11.5. The van der Waals surface area contributed by atoms with E-state index < -0.39 is 5.91 Å². The van der Waals surface area contributed by atoms with Gasteiger partial charge in [0.15, 0.2) is 6.61 Å². The number of primary amides is 1. The number of nitrogens with zero attached hydrogens (tertiary/aromatic N) is 1. The number of ether oxygens (including phenoxy) is 2. The number of carbonyl (C=O) groups is 2. The van der Waals surface area contributed by atoms with Crippen molar-refractivity contribution in [2.75, 3.05) is 13.2 Å². The van der Waals surface area contributed by atoms with Crippen LogP contribution in [0.5, 0.6) is 11.5 Å². The number of amidine groups is 1. The number of ketones is 1. The van der Waals surface area contributed by atoms with Crippen molar-refractivity contribution in [3.8, 4) is 11.5 Å². The zero-order chi connectivity index (χ0) is 24.2. The van der Waals surface area contributed by atoms with E-state index in [2.05, 4.69) is 9.98 Å². The summed E-state index contributed by atoms with van der Waals surface area (Å²) < 4.78 is 11.1. The van der Waals surface area contributed by atoms with Crippen LogP contribution in [0.1, 0.15) is 20.7 Å². The first-order valence-corrected chi connectivity index (χ1v) is 10.5. The Bertz CT molecular complexity index is 1460. The molecule has 0 aliphatic carbocycles. The van der Waals surface area contributed by atoms with Crippen molar-refractivity contribution in [2.24, 2.45) is 16.5 Å². The van der Waals surface area contributed by atoms with Gasteiger partial charge in [0, 0.05) is 40.0 Å². The molecule has 34 heavy (non-hydrogen) atoms. The topological polar surface area (TPSA) is 157 Å². The summed E-state index contributed by atoms with van der Waals surface area (Å²) in [7, 11) is 0. The number of benzene rings is 3. The highest BCUT2D eigenvalue weighted by molar-refractivity contribution is 6.31. The summed E-state index contributed by atoms with van der Waals surface area (Å²) in [4.78, 5) is 31.7. The maximum atomic E-state index is 12.9. The molecule has 9 nitrogen and oxygen atoms in total. The molecule has 0 atom stereocenters. The van der Waals surface area contributed by atoms with Crippen molar-refractivity contribution in [3.63, 3.8) is 0 Å². The van der Waals surface area contributed by atoms with Gasteiger partial charge in [-0.2, -0.15) is 0 Å². The number of H-pyrrole nitrogens is 1. The van der Waals surface area contributed by atoms with Gasteiger partial charge in [-0.1, -0.05) is 17.7 Å². The molecule has 172 valence electrons. The maximum Gasteiger partial charge on any atom is 0.287 e. The van der Waals surface area contributed by atoms with E-state index in [9.17, 15) is 9.59 Å². The number of aromatic nitrogens is 1. The average molecular weight is 478 g/mol. The van der Waals surface area contributed by atoms with Crippen LogP contribution in [0, 0.1) is 5.41 Å². The van der Waals surface area contributed by atoms with Crippen LogP contribution >= 0.6 is 11.6 Å². The molecule has 1 heterocycles. The molecule has 0 fully saturated rings. The fraction of sp³-hybridized carbons (Fsp3) is 0.0833. The number of amides is 1. The van der Waals surface area contributed by atoms with E-state index in [1.807, 2.05) is 0 Å². The Morgan fingerprint density at radius 1 is 1.06 bits per heavy atom. The van der Waals surface area contributed by atoms with Gasteiger partial charge in [-0.3, -0.25) is 9.59 Å². The minimum atomic E-state index is -0.674. The Labute approximate surface area is 198 Å². The average Bonchev–Trinajstić information content (AvgIpc) is 3.24. The molecular weight excluding hydrogens is 458 g/mol. The van der Waals surface area contributed by atoms with Crippen LogP contribution in [0.25, 0.3) is 21.7 Å². The van der Waals surface area contributed by atoms with Crippen LogP contribution in [0.4, 0.5) is 0 Å². The first-order valence-electron chi connectivity index (χ1n) is 10.1. The van der Waals surface area contributed by atoms with Crippen LogP contribution in [0.2, 0.25) is 5.02 Å². The third kappa shape index (κ3) is 4.84. The summed E-state index contributed by atoms with van der Waals surface area (Å²) in [5, 5.41) is 9.69. The molecular formula is C24H20ClN5O4. The Morgan fingerprint density at radius 2 is 1.88 bits per heavy atom. The molecule has 0 saturated heterocycles. The number of rotatable bonds is 8. The highest BCUT2D eigenvalue weighted by Crippen LogP contribution is 2.29. The Morgan fingerprint density at radius 3 is 2.65 bits per heavy atom. The van der Waals surface area contributed by atoms with Gasteiger partial charge in [0.05, 0.1) is 12.1 Å². The van der Waals surface area contributed by atoms with Gasteiger partial charge in [-0.25, -0.2) is 4.99 Å². The summed E-state index contributed by atoms with van der Waals surface area (Å²) in [6.07, 6.45) is 2.67. The van der Waals surface area contributed by atoms with Gasteiger partial charge in [0.1, 0.15) is 11.5 Å². The van der Waals surface area contributed by atoms with Crippen molar-refractivity contribution in [1.82, 2.24) is 4.98 Å². The SMILES string of the molecule is N=CCN=C(N)Oc1ccc2c(C(=O)COc3cc4ccc(Cl)cc4cc3C(N)=O)c[nH]c2c1. The van der Waals surface area contributed by atoms with Crippen LogP contribution in [0.3, 0.4) is 0 Å². The number of carbonyl (C=O) groups excluding carboxylic acids is 2. The van der Waals surface area contributed by atoms with E-state index in [-0.39, 0.29) is 36.3 Å². The van der Waals surface area contributed by atoms with E-state index in [1.165, 1.54) is 0 Å². The van der Waals surface area contributed by atoms with Gasteiger partial charge < -0.3 is 31.3 Å². The second-order valence-electron chi connectivity index (χ2n) is 7.31. The van der Waals surface area contributed by atoms with E-state index in [0.29, 0.717) is 27.2 Å². The summed E-state index contributed by atoms with van der Waals surface area (Å²) in [6.45, 7) is -0.175. The molecule has 0 unspecified atom stereocenters. The number of hydrogen-bond acceptors (Lipinski definition) is 6. The lowest BCUT2D eigenvalue weighted by atomic mass is 10.1. The highest BCUT2D eigenvalue weighted by atomic mass is 35.5. The Kier molecular flexibility index (Phi) is 6.46. The lowest BCUT2D eigenvalue weighted by molar-refractivity contribution is 0.0914. The highest BCUT2D eigenvalue weighted by Gasteiger charge is 2.17. The predicted octanol–water partition coefficient (Wildman–Crippen LogP) is 3.68. The van der Waals surface area contributed by atoms with E-state index in [1.54, 1.807) is 54.7 Å². The van der Waals surface area contributed by atoms with Crippen LogP contribution in [-0.2, 0) is 0 Å². The molecule has 0 saturated carbocycles. The molecule has 6 N–H and O–H groups in total. The maximum absolute atomic E-state index is 12.9. The molecule has 4 rings (SSSR count). The summed E-state index contributed by atoms with van der Waals surface area (Å²) in [6, 6.07) is 13.5. The Hall–Kier alpha value is -4.37. The Balaban J connectivity index is 1.54. The van der Waals surface area contributed by atoms with Gasteiger partial charge >= 0.3 is 0 Å². The van der Waals surface area contributed by atoms with E-state index in [4.69, 9.17) is 38.0 Å². The van der Waals surface area contributed by atoms with Crippen LogP contribution in [0.15, 0.2) is 59.7 Å². The number of Topliss-reactive ketones (excluding diaryl/α,β-unsaturated/α-hetero) is 1.